The maximum absolute atomic E-state index is 14.0. The van der Waals surface area contributed by atoms with Crippen LogP contribution in [0.2, 0.25) is 0 Å². The Labute approximate surface area is 229 Å². The highest BCUT2D eigenvalue weighted by Gasteiger charge is 2.31. The molecule has 0 aliphatic heterocycles. The first-order valence-corrected chi connectivity index (χ1v) is 15.3. The Morgan fingerprint density at radius 1 is 0.769 bits per heavy atom. The lowest BCUT2D eigenvalue weighted by molar-refractivity contribution is 0.252. The van der Waals surface area contributed by atoms with Gasteiger partial charge in [0.05, 0.1) is 0 Å². The molecule has 5 rings (SSSR count). The molecule has 1 fully saturated rings. The molecule has 4 nitrogen and oxygen atoms in total. The zero-order valence-electron chi connectivity index (χ0n) is 21.9. The second-order valence-corrected chi connectivity index (χ2v) is 12.7. The SMILES string of the molecule is O=S(=O)(NCC1CCC(CNC2CCc3cc(F)ccc3C2Cc2ccccc2)CC1)c1ccc(F)cc1F. The van der Waals surface area contributed by atoms with Crippen molar-refractivity contribution in [3.05, 3.63) is 101 Å². The summed E-state index contributed by atoms with van der Waals surface area (Å²) in [5.41, 5.74) is 3.62. The molecule has 2 atom stereocenters. The van der Waals surface area contributed by atoms with Gasteiger partial charge in [0.25, 0.3) is 0 Å². The van der Waals surface area contributed by atoms with Crippen molar-refractivity contribution in [3.63, 3.8) is 0 Å². The number of nitrogens with one attached hydrogen (secondary N) is 2. The fraction of sp³-hybridized carbons (Fsp3) is 0.419. The third-order valence-electron chi connectivity index (χ3n) is 8.39. The van der Waals surface area contributed by atoms with Crippen molar-refractivity contribution in [2.75, 3.05) is 13.1 Å². The fourth-order valence-corrected chi connectivity index (χ4v) is 7.38. The third-order valence-corrected chi connectivity index (χ3v) is 9.85. The van der Waals surface area contributed by atoms with Crippen LogP contribution in [-0.4, -0.2) is 27.5 Å². The summed E-state index contributed by atoms with van der Waals surface area (Å²) in [4.78, 5) is -0.524. The summed E-state index contributed by atoms with van der Waals surface area (Å²) >= 11 is 0. The van der Waals surface area contributed by atoms with Crippen LogP contribution >= 0.6 is 0 Å². The largest absolute Gasteiger partial charge is 0.313 e. The van der Waals surface area contributed by atoms with E-state index in [2.05, 4.69) is 34.3 Å². The van der Waals surface area contributed by atoms with Crippen molar-refractivity contribution < 1.29 is 21.6 Å². The quantitative estimate of drug-likeness (QED) is 0.334. The molecule has 3 aromatic carbocycles. The van der Waals surface area contributed by atoms with Gasteiger partial charge in [0, 0.05) is 24.6 Å². The number of hydrogen-bond acceptors (Lipinski definition) is 3. The minimum Gasteiger partial charge on any atom is -0.313 e. The summed E-state index contributed by atoms with van der Waals surface area (Å²) in [6.07, 6.45) is 6.48. The standard InChI is InChI=1S/C31H35F3N2O2S/c32-25-11-13-27-24(17-25)10-14-30(28(27)16-21-4-2-1-3-5-21)35-19-22-6-8-23(9-7-22)20-36-39(37,38)31-15-12-26(33)18-29(31)34/h1-5,11-13,15,17-18,22-23,28,30,35-36H,6-10,14,16,19-20H2. The number of hydrogen-bond donors (Lipinski definition) is 2. The highest BCUT2D eigenvalue weighted by Crippen LogP contribution is 2.36. The van der Waals surface area contributed by atoms with Crippen LogP contribution in [-0.2, 0) is 22.9 Å². The Morgan fingerprint density at radius 2 is 1.44 bits per heavy atom. The molecule has 0 aromatic heterocycles. The molecule has 0 amide bonds. The molecule has 208 valence electrons. The molecule has 0 radical (unpaired) electrons. The molecule has 3 aromatic rings. The predicted octanol–water partition coefficient (Wildman–Crippen LogP) is 6.12. The van der Waals surface area contributed by atoms with Crippen molar-refractivity contribution in [3.8, 4) is 0 Å². The van der Waals surface area contributed by atoms with E-state index in [9.17, 15) is 21.6 Å². The van der Waals surface area contributed by atoms with E-state index in [1.807, 2.05) is 12.1 Å². The van der Waals surface area contributed by atoms with Crippen molar-refractivity contribution in [2.24, 2.45) is 11.8 Å². The smallest absolute Gasteiger partial charge is 0.243 e. The molecule has 2 aliphatic rings. The zero-order chi connectivity index (χ0) is 27.4. The number of fused-ring (bicyclic) bond motifs is 1. The minimum absolute atomic E-state index is 0.180. The van der Waals surface area contributed by atoms with Gasteiger partial charge in [0.1, 0.15) is 22.3 Å². The molecule has 2 N–H and O–H groups in total. The van der Waals surface area contributed by atoms with Crippen LogP contribution < -0.4 is 10.0 Å². The van der Waals surface area contributed by atoms with E-state index in [-0.39, 0.29) is 24.2 Å². The Balaban J connectivity index is 1.14. The Hall–Kier alpha value is -2.68. The number of sulfonamides is 1. The molecule has 0 saturated heterocycles. The van der Waals surface area contributed by atoms with E-state index in [1.165, 1.54) is 11.1 Å². The van der Waals surface area contributed by atoms with Crippen LogP contribution in [0.5, 0.6) is 0 Å². The summed E-state index contributed by atoms with van der Waals surface area (Å²) in [5.74, 6) is -1.12. The second-order valence-electron chi connectivity index (χ2n) is 11.0. The van der Waals surface area contributed by atoms with Crippen LogP contribution in [0.1, 0.15) is 54.7 Å². The maximum atomic E-state index is 14.0. The highest BCUT2D eigenvalue weighted by molar-refractivity contribution is 7.89. The molecule has 0 spiro atoms. The average Bonchev–Trinajstić information content (AvgIpc) is 2.92. The van der Waals surface area contributed by atoms with E-state index in [0.29, 0.717) is 18.0 Å². The van der Waals surface area contributed by atoms with Gasteiger partial charge >= 0.3 is 0 Å². The molecule has 8 heteroatoms. The summed E-state index contributed by atoms with van der Waals surface area (Å²) < 4.78 is 68.6. The van der Waals surface area contributed by atoms with Crippen LogP contribution in [0.3, 0.4) is 0 Å². The normalized spacial score (nSPS) is 23.4. The number of benzene rings is 3. The van der Waals surface area contributed by atoms with E-state index in [1.54, 1.807) is 12.1 Å². The van der Waals surface area contributed by atoms with E-state index in [0.717, 1.165) is 69.2 Å². The summed E-state index contributed by atoms with van der Waals surface area (Å²) in [7, 11) is -4.03. The van der Waals surface area contributed by atoms with Crippen LogP contribution in [0.15, 0.2) is 71.6 Å². The van der Waals surface area contributed by atoms with Gasteiger partial charge in [0.15, 0.2) is 0 Å². The first-order chi connectivity index (χ1) is 18.8. The van der Waals surface area contributed by atoms with Gasteiger partial charge in [-0.2, -0.15) is 0 Å². The van der Waals surface area contributed by atoms with Gasteiger partial charge in [0.2, 0.25) is 10.0 Å². The summed E-state index contributed by atoms with van der Waals surface area (Å²) in [5, 5.41) is 3.84. The van der Waals surface area contributed by atoms with Crippen molar-refractivity contribution >= 4 is 10.0 Å². The summed E-state index contributed by atoms with van der Waals surface area (Å²) in [6, 6.07) is 18.4. The lowest BCUT2D eigenvalue weighted by Gasteiger charge is -2.36. The molecule has 1 saturated carbocycles. The third kappa shape index (κ3) is 6.91. The van der Waals surface area contributed by atoms with Gasteiger partial charge < -0.3 is 5.32 Å². The predicted molar refractivity (Wildman–Crippen MR) is 146 cm³/mol. The number of halogens is 3. The van der Waals surface area contributed by atoms with E-state index < -0.39 is 26.6 Å². The van der Waals surface area contributed by atoms with Crippen molar-refractivity contribution in [1.82, 2.24) is 10.0 Å². The van der Waals surface area contributed by atoms with Gasteiger partial charge in [-0.05, 0) is 104 Å². The lowest BCUT2D eigenvalue weighted by Crippen LogP contribution is -2.42. The molecule has 2 aliphatic carbocycles. The zero-order valence-corrected chi connectivity index (χ0v) is 22.7. The average molecular weight is 557 g/mol. The Morgan fingerprint density at radius 3 is 2.15 bits per heavy atom. The number of rotatable bonds is 9. The van der Waals surface area contributed by atoms with Crippen LogP contribution in [0.25, 0.3) is 0 Å². The maximum Gasteiger partial charge on any atom is 0.243 e. The van der Waals surface area contributed by atoms with Gasteiger partial charge in [-0.25, -0.2) is 26.3 Å². The van der Waals surface area contributed by atoms with E-state index >= 15 is 0 Å². The summed E-state index contributed by atoms with van der Waals surface area (Å²) in [6.45, 7) is 1.14. The molecular formula is C31H35F3N2O2S. The molecule has 0 heterocycles. The monoisotopic (exact) mass is 556 g/mol. The fourth-order valence-electron chi connectivity index (χ4n) is 6.20. The molecule has 39 heavy (non-hydrogen) atoms. The lowest BCUT2D eigenvalue weighted by atomic mass is 9.75. The van der Waals surface area contributed by atoms with E-state index in [4.69, 9.17) is 0 Å². The van der Waals surface area contributed by atoms with Gasteiger partial charge in [-0.15, -0.1) is 0 Å². The minimum atomic E-state index is -4.03. The van der Waals surface area contributed by atoms with Gasteiger partial charge in [-0.3, -0.25) is 0 Å². The second kappa shape index (κ2) is 12.2. The van der Waals surface area contributed by atoms with Crippen molar-refractivity contribution in [1.29, 1.82) is 0 Å². The topological polar surface area (TPSA) is 58.2 Å². The Kier molecular flexibility index (Phi) is 8.74. The number of aryl methyl sites for hydroxylation is 1. The first-order valence-electron chi connectivity index (χ1n) is 13.8. The van der Waals surface area contributed by atoms with Crippen LogP contribution in [0, 0.1) is 29.3 Å². The van der Waals surface area contributed by atoms with Crippen LogP contribution in [0.4, 0.5) is 13.2 Å². The molecule has 0 bridgehead atoms. The molecule has 2 unspecified atom stereocenters. The molecular weight excluding hydrogens is 521 g/mol. The first kappa shape index (κ1) is 27.9. The van der Waals surface area contributed by atoms with Gasteiger partial charge in [-0.1, -0.05) is 36.4 Å². The highest BCUT2D eigenvalue weighted by atomic mass is 32.2. The van der Waals surface area contributed by atoms with Crippen molar-refractivity contribution in [2.45, 2.75) is 61.8 Å². The Bertz CT molecular complexity index is 1380.